The van der Waals surface area contributed by atoms with Crippen molar-refractivity contribution in [3.05, 3.63) is 82.1 Å². The minimum Gasteiger partial charge on any atom is -0.457 e. The Kier molecular flexibility index (Phi) is 5.68. The second kappa shape index (κ2) is 8.15. The molecule has 0 aliphatic carbocycles. The van der Waals surface area contributed by atoms with Crippen LogP contribution in [0.15, 0.2) is 65.1 Å². The molecule has 0 bridgehead atoms. The monoisotopic (exact) mass is 410 g/mol. The molecule has 1 aromatic heterocycles. The molecular weight excluding hydrogens is 392 g/mol. The fourth-order valence-electron chi connectivity index (χ4n) is 2.55. The summed E-state index contributed by atoms with van der Waals surface area (Å²) in [6.07, 6.45) is 0.845. The van der Waals surface area contributed by atoms with E-state index in [1.54, 1.807) is 6.07 Å². The molecule has 1 N–H and O–H groups in total. The third kappa shape index (κ3) is 4.49. The number of aromatic nitrogens is 1. The molecule has 0 aliphatic rings. The number of halogens is 1. The van der Waals surface area contributed by atoms with Crippen molar-refractivity contribution in [2.75, 3.05) is 5.32 Å². The Bertz CT molecular complexity index is 941. The summed E-state index contributed by atoms with van der Waals surface area (Å²) in [6.45, 7) is 3.89. The SMILES string of the molecule is CCc1ccc(C(=O)Nc2cccc(Oc3cccc(Br)c3)c2)c(C)n1. The van der Waals surface area contributed by atoms with E-state index in [4.69, 9.17) is 4.74 Å². The molecule has 0 unspecified atom stereocenters. The summed E-state index contributed by atoms with van der Waals surface area (Å²) in [6, 6.07) is 18.6. The predicted molar refractivity (Wildman–Crippen MR) is 107 cm³/mol. The molecule has 0 fully saturated rings. The van der Waals surface area contributed by atoms with Crippen LogP contribution in [0.2, 0.25) is 0 Å². The van der Waals surface area contributed by atoms with Crippen LogP contribution in [0.1, 0.15) is 28.7 Å². The number of aryl methyl sites for hydroxylation is 2. The highest BCUT2D eigenvalue weighted by Crippen LogP contribution is 2.26. The molecular formula is C21H19BrN2O2. The van der Waals surface area contributed by atoms with Gasteiger partial charge in [0.25, 0.3) is 5.91 Å². The Labute approximate surface area is 161 Å². The molecule has 0 atom stereocenters. The largest absolute Gasteiger partial charge is 0.457 e. The second-order valence-corrected chi connectivity index (χ2v) is 6.75. The number of ether oxygens (including phenoxy) is 1. The van der Waals surface area contributed by atoms with Gasteiger partial charge in [-0.25, -0.2) is 0 Å². The Morgan fingerprint density at radius 1 is 1.08 bits per heavy atom. The maximum absolute atomic E-state index is 12.6. The van der Waals surface area contributed by atoms with E-state index in [9.17, 15) is 4.79 Å². The molecule has 5 heteroatoms. The van der Waals surface area contributed by atoms with E-state index in [0.29, 0.717) is 17.0 Å². The van der Waals surface area contributed by atoms with Crippen molar-refractivity contribution < 1.29 is 9.53 Å². The van der Waals surface area contributed by atoms with E-state index in [1.807, 2.05) is 68.4 Å². The van der Waals surface area contributed by atoms with E-state index >= 15 is 0 Å². The van der Waals surface area contributed by atoms with Gasteiger partial charge in [0.1, 0.15) is 11.5 Å². The van der Waals surface area contributed by atoms with Crippen molar-refractivity contribution in [1.82, 2.24) is 4.98 Å². The molecule has 0 radical (unpaired) electrons. The van der Waals surface area contributed by atoms with Crippen LogP contribution in [0, 0.1) is 6.92 Å². The van der Waals surface area contributed by atoms with Crippen LogP contribution in [0.5, 0.6) is 11.5 Å². The van der Waals surface area contributed by atoms with Gasteiger partial charge in [-0.15, -0.1) is 0 Å². The Hall–Kier alpha value is -2.66. The van der Waals surface area contributed by atoms with Gasteiger partial charge in [0, 0.05) is 21.9 Å². The van der Waals surface area contributed by atoms with Gasteiger partial charge in [-0.2, -0.15) is 0 Å². The maximum atomic E-state index is 12.6. The van der Waals surface area contributed by atoms with Gasteiger partial charge in [-0.1, -0.05) is 35.0 Å². The number of carbonyl (C=O) groups is 1. The zero-order valence-corrected chi connectivity index (χ0v) is 16.2. The van der Waals surface area contributed by atoms with Crippen molar-refractivity contribution >= 4 is 27.5 Å². The van der Waals surface area contributed by atoms with Crippen molar-refractivity contribution in [1.29, 1.82) is 0 Å². The smallest absolute Gasteiger partial charge is 0.257 e. The molecule has 132 valence electrons. The normalized spacial score (nSPS) is 10.4. The number of carbonyl (C=O) groups excluding carboxylic acids is 1. The molecule has 3 aromatic rings. The number of nitrogens with one attached hydrogen (secondary N) is 1. The van der Waals surface area contributed by atoms with E-state index < -0.39 is 0 Å². The Morgan fingerprint density at radius 2 is 1.81 bits per heavy atom. The topological polar surface area (TPSA) is 51.2 Å². The van der Waals surface area contributed by atoms with E-state index in [-0.39, 0.29) is 5.91 Å². The lowest BCUT2D eigenvalue weighted by atomic mass is 10.1. The standard InChI is InChI=1S/C21H19BrN2O2/c1-3-16-10-11-20(14(2)23-16)21(25)24-17-7-5-9-19(13-17)26-18-8-4-6-15(22)12-18/h4-13H,3H2,1-2H3,(H,24,25). The molecule has 1 heterocycles. The third-order valence-electron chi connectivity index (χ3n) is 3.87. The summed E-state index contributed by atoms with van der Waals surface area (Å²) in [4.78, 5) is 17.0. The highest BCUT2D eigenvalue weighted by Gasteiger charge is 2.11. The number of anilines is 1. The van der Waals surface area contributed by atoms with Crippen LogP contribution in [0.3, 0.4) is 0 Å². The quantitative estimate of drug-likeness (QED) is 0.581. The van der Waals surface area contributed by atoms with Crippen molar-refractivity contribution in [3.8, 4) is 11.5 Å². The van der Waals surface area contributed by atoms with E-state index in [0.717, 1.165) is 28.0 Å². The van der Waals surface area contributed by atoms with E-state index in [2.05, 4.69) is 26.2 Å². The van der Waals surface area contributed by atoms with Crippen molar-refractivity contribution in [2.45, 2.75) is 20.3 Å². The van der Waals surface area contributed by atoms with Gasteiger partial charge in [0.15, 0.2) is 0 Å². The minimum absolute atomic E-state index is 0.183. The highest BCUT2D eigenvalue weighted by molar-refractivity contribution is 9.10. The van der Waals surface area contributed by atoms with Gasteiger partial charge < -0.3 is 10.1 Å². The fourth-order valence-corrected chi connectivity index (χ4v) is 2.93. The molecule has 0 aliphatic heterocycles. The first kappa shape index (κ1) is 18.1. The first-order chi connectivity index (χ1) is 12.5. The Balaban J connectivity index is 1.75. The number of nitrogens with zero attached hydrogens (tertiary/aromatic N) is 1. The molecule has 1 amide bonds. The first-order valence-corrected chi connectivity index (χ1v) is 9.16. The molecule has 0 saturated heterocycles. The molecule has 26 heavy (non-hydrogen) atoms. The summed E-state index contributed by atoms with van der Waals surface area (Å²) in [5.74, 6) is 1.19. The zero-order valence-electron chi connectivity index (χ0n) is 14.6. The number of hydrogen-bond acceptors (Lipinski definition) is 3. The molecule has 0 saturated carbocycles. The summed E-state index contributed by atoms with van der Waals surface area (Å²) in [5.41, 5.74) is 2.94. The number of hydrogen-bond donors (Lipinski definition) is 1. The molecule has 2 aromatic carbocycles. The first-order valence-electron chi connectivity index (χ1n) is 8.36. The minimum atomic E-state index is -0.183. The summed E-state index contributed by atoms with van der Waals surface area (Å²) in [7, 11) is 0. The third-order valence-corrected chi connectivity index (χ3v) is 4.37. The average Bonchev–Trinajstić information content (AvgIpc) is 2.61. The van der Waals surface area contributed by atoms with Gasteiger partial charge >= 0.3 is 0 Å². The van der Waals surface area contributed by atoms with Crippen LogP contribution >= 0.6 is 15.9 Å². The van der Waals surface area contributed by atoms with Gasteiger partial charge in [-0.3, -0.25) is 9.78 Å². The van der Waals surface area contributed by atoms with Crippen LogP contribution < -0.4 is 10.1 Å². The van der Waals surface area contributed by atoms with Gasteiger partial charge in [0.05, 0.1) is 11.3 Å². The van der Waals surface area contributed by atoms with Gasteiger partial charge in [-0.05, 0) is 55.8 Å². The highest BCUT2D eigenvalue weighted by atomic mass is 79.9. The van der Waals surface area contributed by atoms with Crippen LogP contribution in [0.25, 0.3) is 0 Å². The lowest BCUT2D eigenvalue weighted by Gasteiger charge is -2.10. The molecule has 0 spiro atoms. The second-order valence-electron chi connectivity index (χ2n) is 5.83. The molecule has 4 nitrogen and oxygen atoms in total. The summed E-state index contributed by atoms with van der Waals surface area (Å²) in [5, 5.41) is 2.91. The number of amides is 1. The van der Waals surface area contributed by atoms with Crippen LogP contribution in [-0.2, 0) is 6.42 Å². The van der Waals surface area contributed by atoms with Crippen LogP contribution in [0.4, 0.5) is 5.69 Å². The summed E-state index contributed by atoms with van der Waals surface area (Å²) >= 11 is 3.42. The van der Waals surface area contributed by atoms with Gasteiger partial charge in [0.2, 0.25) is 0 Å². The lowest BCUT2D eigenvalue weighted by Crippen LogP contribution is -2.14. The number of rotatable bonds is 5. The average molecular weight is 411 g/mol. The lowest BCUT2D eigenvalue weighted by molar-refractivity contribution is 0.102. The number of pyridine rings is 1. The number of benzene rings is 2. The molecule has 3 rings (SSSR count). The maximum Gasteiger partial charge on any atom is 0.257 e. The fraction of sp³-hybridized carbons (Fsp3) is 0.143. The zero-order chi connectivity index (χ0) is 18.5. The Morgan fingerprint density at radius 3 is 2.50 bits per heavy atom. The van der Waals surface area contributed by atoms with E-state index in [1.165, 1.54) is 0 Å². The predicted octanol–water partition coefficient (Wildman–Crippen LogP) is 5.76. The van der Waals surface area contributed by atoms with Crippen LogP contribution in [-0.4, -0.2) is 10.9 Å². The van der Waals surface area contributed by atoms with Crippen molar-refractivity contribution in [3.63, 3.8) is 0 Å². The summed E-state index contributed by atoms with van der Waals surface area (Å²) < 4.78 is 6.79. The van der Waals surface area contributed by atoms with Crippen molar-refractivity contribution in [2.24, 2.45) is 0 Å².